The first-order chi connectivity index (χ1) is 8.84. The Hall–Kier alpha value is -1.82. The smallest absolute Gasteiger partial charge is 0.224 e. The highest BCUT2D eigenvalue weighted by atomic mass is 32.2. The van der Waals surface area contributed by atoms with E-state index in [1.807, 2.05) is 30.3 Å². The van der Waals surface area contributed by atoms with Crippen molar-refractivity contribution in [2.45, 2.75) is 11.6 Å². The number of aromatic amines is 1. The molecule has 5 nitrogen and oxygen atoms in total. The molecule has 0 aliphatic carbocycles. The summed E-state index contributed by atoms with van der Waals surface area (Å²) in [6, 6.07) is 9.70. The molecule has 0 atom stereocenters. The summed E-state index contributed by atoms with van der Waals surface area (Å²) in [5.41, 5.74) is 1.03. The Morgan fingerprint density at radius 1 is 1.33 bits per heavy atom. The van der Waals surface area contributed by atoms with Gasteiger partial charge in [0.1, 0.15) is 6.33 Å². The summed E-state index contributed by atoms with van der Waals surface area (Å²) in [5, 5.41) is 10.1. The maximum absolute atomic E-state index is 11.6. The Labute approximate surface area is 109 Å². The molecular weight excluding hydrogens is 248 g/mol. The zero-order valence-corrected chi connectivity index (χ0v) is 10.6. The number of rotatable bonds is 6. The molecular formula is C12H14N4OS. The quantitative estimate of drug-likeness (QED) is 0.607. The van der Waals surface area contributed by atoms with Gasteiger partial charge in [0.25, 0.3) is 0 Å². The first-order valence-electron chi connectivity index (χ1n) is 5.63. The zero-order valence-electron chi connectivity index (χ0n) is 9.80. The van der Waals surface area contributed by atoms with Gasteiger partial charge >= 0.3 is 0 Å². The van der Waals surface area contributed by atoms with Gasteiger partial charge < -0.3 is 5.32 Å². The number of carbonyl (C=O) groups excluding carboxylic acids is 1. The molecule has 1 heterocycles. The van der Waals surface area contributed by atoms with Crippen LogP contribution < -0.4 is 5.32 Å². The Balaban J connectivity index is 1.63. The molecule has 1 aromatic heterocycles. The summed E-state index contributed by atoms with van der Waals surface area (Å²) in [6.07, 6.45) is 1.89. The van der Waals surface area contributed by atoms with Gasteiger partial charge in [-0.05, 0) is 5.56 Å². The molecule has 0 aliphatic heterocycles. The number of aromatic nitrogens is 3. The molecule has 0 spiro atoms. The van der Waals surface area contributed by atoms with Crippen LogP contribution in [0.5, 0.6) is 0 Å². The number of amides is 1. The molecule has 0 radical (unpaired) electrons. The highest BCUT2D eigenvalue weighted by Crippen LogP contribution is 2.08. The molecule has 6 heteroatoms. The fourth-order valence-corrected chi connectivity index (χ4v) is 2.08. The maximum Gasteiger partial charge on any atom is 0.224 e. The lowest BCUT2D eigenvalue weighted by Gasteiger charge is -2.04. The molecule has 18 heavy (non-hydrogen) atoms. The highest BCUT2D eigenvalue weighted by Gasteiger charge is 2.02. The maximum atomic E-state index is 11.6. The average Bonchev–Trinajstić information content (AvgIpc) is 2.89. The molecule has 0 unspecified atom stereocenters. The Morgan fingerprint density at radius 3 is 2.89 bits per heavy atom. The molecule has 0 bridgehead atoms. The van der Waals surface area contributed by atoms with E-state index < -0.39 is 0 Å². The van der Waals surface area contributed by atoms with E-state index in [-0.39, 0.29) is 5.91 Å². The van der Waals surface area contributed by atoms with Crippen LogP contribution in [0.1, 0.15) is 5.56 Å². The molecule has 1 amide bonds. The van der Waals surface area contributed by atoms with E-state index in [9.17, 15) is 4.79 Å². The third-order valence-corrected chi connectivity index (χ3v) is 3.14. The van der Waals surface area contributed by atoms with Crippen molar-refractivity contribution in [3.05, 3.63) is 42.2 Å². The zero-order chi connectivity index (χ0) is 12.6. The predicted octanol–water partition coefficient (Wildman–Crippen LogP) is 1.26. The van der Waals surface area contributed by atoms with Gasteiger partial charge in [-0.25, -0.2) is 4.98 Å². The van der Waals surface area contributed by atoms with Crippen LogP contribution in [0.4, 0.5) is 0 Å². The van der Waals surface area contributed by atoms with E-state index >= 15 is 0 Å². The van der Waals surface area contributed by atoms with Crippen molar-refractivity contribution in [3.63, 3.8) is 0 Å². The summed E-state index contributed by atoms with van der Waals surface area (Å²) in [4.78, 5) is 15.6. The van der Waals surface area contributed by atoms with Crippen LogP contribution in [0.3, 0.4) is 0 Å². The number of nitrogens with one attached hydrogen (secondary N) is 2. The van der Waals surface area contributed by atoms with Crippen LogP contribution in [0.15, 0.2) is 41.8 Å². The summed E-state index contributed by atoms with van der Waals surface area (Å²) in [6.45, 7) is 0.622. The third-order valence-electron chi connectivity index (χ3n) is 2.26. The SMILES string of the molecule is O=C(Cc1ccccc1)NCCSc1ncn[nH]1. The van der Waals surface area contributed by atoms with Crippen LogP contribution >= 0.6 is 11.8 Å². The predicted molar refractivity (Wildman–Crippen MR) is 70.3 cm³/mol. The largest absolute Gasteiger partial charge is 0.355 e. The lowest BCUT2D eigenvalue weighted by atomic mass is 10.1. The van der Waals surface area contributed by atoms with Crippen LogP contribution in [0.2, 0.25) is 0 Å². The number of thioether (sulfide) groups is 1. The topological polar surface area (TPSA) is 70.7 Å². The lowest BCUT2D eigenvalue weighted by molar-refractivity contribution is -0.120. The number of carbonyl (C=O) groups is 1. The van der Waals surface area contributed by atoms with E-state index in [0.29, 0.717) is 13.0 Å². The summed E-state index contributed by atoms with van der Waals surface area (Å²) in [5.74, 6) is 0.815. The van der Waals surface area contributed by atoms with Crippen molar-refractivity contribution in [2.24, 2.45) is 0 Å². The third kappa shape index (κ3) is 4.21. The van der Waals surface area contributed by atoms with Crippen molar-refractivity contribution < 1.29 is 4.79 Å². The second-order valence-corrected chi connectivity index (χ2v) is 4.74. The van der Waals surface area contributed by atoms with Crippen molar-refractivity contribution >= 4 is 17.7 Å². The van der Waals surface area contributed by atoms with Crippen molar-refractivity contribution in [1.82, 2.24) is 20.5 Å². The second-order valence-electron chi connectivity index (χ2n) is 3.65. The van der Waals surface area contributed by atoms with Gasteiger partial charge in [-0.1, -0.05) is 42.1 Å². The first kappa shape index (κ1) is 12.6. The Bertz CT molecular complexity index is 472. The van der Waals surface area contributed by atoms with Gasteiger partial charge in [0.15, 0.2) is 5.16 Å². The molecule has 0 saturated heterocycles. The molecule has 0 aliphatic rings. The summed E-state index contributed by atoms with van der Waals surface area (Å²) in [7, 11) is 0. The number of benzene rings is 1. The molecule has 94 valence electrons. The lowest BCUT2D eigenvalue weighted by Crippen LogP contribution is -2.27. The van der Waals surface area contributed by atoms with E-state index in [0.717, 1.165) is 16.5 Å². The number of hydrogen-bond donors (Lipinski definition) is 2. The monoisotopic (exact) mass is 262 g/mol. The van der Waals surface area contributed by atoms with Gasteiger partial charge in [-0.3, -0.25) is 9.89 Å². The molecule has 0 saturated carbocycles. The Morgan fingerprint density at radius 2 is 2.17 bits per heavy atom. The normalized spacial score (nSPS) is 10.2. The number of nitrogens with zero attached hydrogens (tertiary/aromatic N) is 2. The highest BCUT2D eigenvalue weighted by molar-refractivity contribution is 7.99. The average molecular weight is 262 g/mol. The van der Waals surface area contributed by atoms with Gasteiger partial charge in [0.05, 0.1) is 6.42 Å². The molecule has 2 aromatic rings. The van der Waals surface area contributed by atoms with E-state index in [4.69, 9.17) is 0 Å². The van der Waals surface area contributed by atoms with Crippen LogP contribution in [0, 0.1) is 0 Å². The van der Waals surface area contributed by atoms with E-state index in [1.54, 1.807) is 0 Å². The van der Waals surface area contributed by atoms with E-state index in [2.05, 4.69) is 20.5 Å². The fourth-order valence-electron chi connectivity index (χ4n) is 1.45. The van der Waals surface area contributed by atoms with Gasteiger partial charge in [0.2, 0.25) is 5.91 Å². The Kier molecular flexibility index (Phi) is 4.78. The minimum absolute atomic E-state index is 0.0411. The summed E-state index contributed by atoms with van der Waals surface area (Å²) < 4.78 is 0. The molecule has 1 aromatic carbocycles. The number of H-pyrrole nitrogens is 1. The van der Waals surface area contributed by atoms with Gasteiger partial charge in [0, 0.05) is 12.3 Å². The molecule has 2 rings (SSSR count). The standard InChI is InChI=1S/C12H14N4OS/c17-11(8-10-4-2-1-3-5-10)13-6-7-18-12-14-9-15-16-12/h1-5,9H,6-8H2,(H,13,17)(H,14,15,16). The minimum Gasteiger partial charge on any atom is -0.355 e. The second kappa shape index (κ2) is 6.80. The van der Waals surface area contributed by atoms with E-state index in [1.165, 1.54) is 18.1 Å². The first-order valence-corrected chi connectivity index (χ1v) is 6.62. The van der Waals surface area contributed by atoms with Gasteiger partial charge in [-0.2, -0.15) is 5.10 Å². The minimum atomic E-state index is 0.0411. The fraction of sp³-hybridized carbons (Fsp3) is 0.250. The van der Waals surface area contributed by atoms with Crippen molar-refractivity contribution in [1.29, 1.82) is 0 Å². The van der Waals surface area contributed by atoms with Crippen molar-refractivity contribution in [3.8, 4) is 0 Å². The van der Waals surface area contributed by atoms with Gasteiger partial charge in [-0.15, -0.1) is 0 Å². The molecule has 2 N–H and O–H groups in total. The van der Waals surface area contributed by atoms with Crippen LogP contribution in [-0.2, 0) is 11.2 Å². The van der Waals surface area contributed by atoms with Crippen molar-refractivity contribution in [2.75, 3.05) is 12.3 Å². The van der Waals surface area contributed by atoms with Crippen LogP contribution in [-0.4, -0.2) is 33.4 Å². The van der Waals surface area contributed by atoms with Crippen LogP contribution in [0.25, 0.3) is 0 Å². The summed E-state index contributed by atoms with van der Waals surface area (Å²) >= 11 is 1.53. The molecule has 0 fully saturated rings. The number of hydrogen-bond acceptors (Lipinski definition) is 4.